The van der Waals surface area contributed by atoms with E-state index in [2.05, 4.69) is 15.9 Å². The lowest BCUT2D eigenvalue weighted by Gasteiger charge is -2.16. The number of sulfonamides is 1. The zero-order chi connectivity index (χ0) is 14.2. The van der Waals surface area contributed by atoms with E-state index in [9.17, 15) is 13.2 Å². The molecule has 0 spiro atoms. The van der Waals surface area contributed by atoms with Crippen LogP contribution in [0.1, 0.15) is 16.8 Å². The smallest absolute Gasteiger partial charge is 0.248 e. The Hall–Kier alpha value is -0.960. The number of halogens is 1. The van der Waals surface area contributed by atoms with Crippen molar-refractivity contribution in [3.05, 3.63) is 28.2 Å². The van der Waals surface area contributed by atoms with E-state index in [4.69, 9.17) is 11.5 Å². The molecule has 104 valence electrons. The highest BCUT2D eigenvalue weighted by atomic mass is 79.9. The Bertz CT molecular complexity index is 618. The van der Waals surface area contributed by atoms with Gasteiger partial charge in [-0.05, 0) is 24.6 Å². The molecule has 0 bridgehead atoms. The zero-order valence-electron chi connectivity index (χ0n) is 10.0. The minimum atomic E-state index is -3.63. The van der Waals surface area contributed by atoms with Crippen molar-refractivity contribution in [2.75, 3.05) is 13.1 Å². The van der Waals surface area contributed by atoms with Crippen molar-refractivity contribution in [1.82, 2.24) is 4.31 Å². The highest BCUT2D eigenvalue weighted by Gasteiger charge is 2.31. The predicted octanol–water partition coefficient (Wildman–Crippen LogP) is 0.270. The van der Waals surface area contributed by atoms with Gasteiger partial charge in [-0.25, -0.2) is 8.42 Å². The fourth-order valence-corrected chi connectivity index (χ4v) is 4.20. The second-order valence-corrected chi connectivity index (χ2v) is 7.31. The Morgan fingerprint density at radius 2 is 2.05 bits per heavy atom. The maximum Gasteiger partial charge on any atom is 0.248 e. The van der Waals surface area contributed by atoms with E-state index in [-0.39, 0.29) is 16.5 Å². The lowest BCUT2D eigenvalue weighted by atomic mass is 10.2. The van der Waals surface area contributed by atoms with Gasteiger partial charge in [0.1, 0.15) is 0 Å². The highest BCUT2D eigenvalue weighted by Crippen LogP contribution is 2.24. The molecule has 0 unspecified atom stereocenters. The molecular formula is C11H14BrN3O3S. The molecule has 1 aromatic rings. The van der Waals surface area contributed by atoms with Gasteiger partial charge in [0.2, 0.25) is 15.9 Å². The van der Waals surface area contributed by atoms with E-state index in [0.717, 1.165) is 0 Å². The summed E-state index contributed by atoms with van der Waals surface area (Å²) in [6.07, 6.45) is 0.635. The first-order valence-electron chi connectivity index (χ1n) is 5.67. The van der Waals surface area contributed by atoms with Gasteiger partial charge >= 0.3 is 0 Å². The Morgan fingerprint density at radius 1 is 1.37 bits per heavy atom. The summed E-state index contributed by atoms with van der Waals surface area (Å²) in [6, 6.07) is 4.08. The largest absolute Gasteiger partial charge is 0.366 e. The molecule has 1 saturated heterocycles. The molecule has 0 aliphatic carbocycles. The summed E-state index contributed by atoms with van der Waals surface area (Å²) < 4.78 is 26.6. The van der Waals surface area contributed by atoms with Gasteiger partial charge in [-0.1, -0.05) is 15.9 Å². The first kappa shape index (κ1) is 14.4. The Morgan fingerprint density at radius 3 is 2.58 bits per heavy atom. The van der Waals surface area contributed by atoms with Gasteiger partial charge in [0.15, 0.2) is 0 Å². The lowest BCUT2D eigenvalue weighted by Crippen LogP contribution is -2.32. The third kappa shape index (κ3) is 2.97. The SMILES string of the molecule is NC(=O)c1cc(Br)cc(S(=O)(=O)N2CC[C@@H](N)C2)c1. The molecule has 19 heavy (non-hydrogen) atoms. The van der Waals surface area contributed by atoms with Crippen molar-refractivity contribution in [2.45, 2.75) is 17.4 Å². The summed E-state index contributed by atoms with van der Waals surface area (Å²) >= 11 is 3.18. The van der Waals surface area contributed by atoms with Crippen molar-refractivity contribution in [2.24, 2.45) is 11.5 Å². The van der Waals surface area contributed by atoms with Gasteiger partial charge in [-0.3, -0.25) is 4.79 Å². The fraction of sp³-hybridized carbons (Fsp3) is 0.364. The molecule has 0 aromatic heterocycles. The standard InChI is InChI=1S/C11H14BrN3O3S/c12-8-3-7(11(14)16)4-10(5-8)19(17,18)15-2-1-9(13)6-15/h3-5,9H,1-2,6,13H2,(H2,14,16)/t9-/m1/s1. The van der Waals surface area contributed by atoms with Crippen LogP contribution >= 0.6 is 15.9 Å². The molecule has 0 saturated carbocycles. The Labute approximate surface area is 119 Å². The maximum atomic E-state index is 12.4. The molecule has 6 nitrogen and oxygen atoms in total. The molecule has 1 heterocycles. The number of rotatable bonds is 3. The summed E-state index contributed by atoms with van der Waals surface area (Å²) in [5.74, 6) is -0.670. The number of amides is 1. The molecule has 0 radical (unpaired) electrons. The van der Waals surface area contributed by atoms with Crippen LogP contribution in [0.15, 0.2) is 27.6 Å². The number of hydrogen-bond acceptors (Lipinski definition) is 4. The molecule has 1 aromatic carbocycles. The number of hydrogen-bond donors (Lipinski definition) is 2. The lowest BCUT2D eigenvalue weighted by molar-refractivity contribution is 0.1000. The van der Waals surface area contributed by atoms with E-state index in [0.29, 0.717) is 24.0 Å². The van der Waals surface area contributed by atoms with Crippen LogP contribution < -0.4 is 11.5 Å². The quantitative estimate of drug-likeness (QED) is 0.818. The molecular weight excluding hydrogens is 334 g/mol. The van der Waals surface area contributed by atoms with E-state index in [1.807, 2.05) is 0 Å². The molecule has 1 aliphatic heterocycles. The van der Waals surface area contributed by atoms with Gasteiger partial charge in [-0.15, -0.1) is 0 Å². The van der Waals surface area contributed by atoms with Gasteiger partial charge in [0.25, 0.3) is 0 Å². The van der Waals surface area contributed by atoms with Crippen molar-refractivity contribution in [3.8, 4) is 0 Å². The number of primary amides is 1. The molecule has 1 aliphatic rings. The van der Waals surface area contributed by atoms with Crippen LogP contribution in [0, 0.1) is 0 Å². The average Bonchev–Trinajstić information content (AvgIpc) is 2.75. The van der Waals surface area contributed by atoms with Crippen molar-refractivity contribution in [3.63, 3.8) is 0 Å². The van der Waals surface area contributed by atoms with Gasteiger partial charge in [0, 0.05) is 29.2 Å². The highest BCUT2D eigenvalue weighted by molar-refractivity contribution is 9.10. The van der Waals surface area contributed by atoms with Crippen LogP contribution in [0.2, 0.25) is 0 Å². The third-order valence-electron chi connectivity index (χ3n) is 2.98. The van der Waals surface area contributed by atoms with Gasteiger partial charge < -0.3 is 11.5 Å². The minimum absolute atomic E-state index is 0.0461. The molecule has 8 heteroatoms. The summed E-state index contributed by atoms with van der Waals surface area (Å²) in [6.45, 7) is 0.683. The van der Waals surface area contributed by atoms with Gasteiger partial charge in [0.05, 0.1) is 4.90 Å². The number of carbonyl (C=O) groups is 1. The third-order valence-corrected chi connectivity index (χ3v) is 5.28. The predicted molar refractivity (Wildman–Crippen MR) is 74.0 cm³/mol. The summed E-state index contributed by atoms with van der Waals surface area (Å²) in [4.78, 5) is 11.2. The van der Waals surface area contributed by atoms with E-state index in [1.54, 1.807) is 0 Å². The van der Waals surface area contributed by atoms with Crippen molar-refractivity contribution < 1.29 is 13.2 Å². The van der Waals surface area contributed by atoms with Crippen LogP contribution in [0.5, 0.6) is 0 Å². The average molecular weight is 348 g/mol. The van der Waals surface area contributed by atoms with Crippen molar-refractivity contribution >= 4 is 31.9 Å². The number of nitrogens with two attached hydrogens (primary N) is 2. The van der Waals surface area contributed by atoms with Crippen LogP contribution in [0.3, 0.4) is 0 Å². The maximum absolute atomic E-state index is 12.4. The molecule has 1 fully saturated rings. The normalized spacial score (nSPS) is 20.6. The van der Waals surface area contributed by atoms with Gasteiger partial charge in [-0.2, -0.15) is 4.31 Å². The Kier molecular flexibility index (Phi) is 3.95. The van der Waals surface area contributed by atoms with Crippen LogP contribution in [0.25, 0.3) is 0 Å². The summed E-state index contributed by atoms with van der Waals surface area (Å²) in [7, 11) is -3.63. The number of benzene rings is 1. The second kappa shape index (κ2) is 5.20. The Balaban J connectivity index is 2.43. The number of nitrogens with zero attached hydrogens (tertiary/aromatic N) is 1. The van der Waals surface area contributed by atoms with Crippen molar-refractivity contribution in [1.29, 1.82) is 0 Å². The molecule has 1 amide bonds. The van der Waals surface area contributed by atoms with Crippen LogP contribution in [-0.4, -0.2) is 37.8 Å². The number of carbonyl (C=O) groups excluding carboxylic acids is 1. The van der Waals surface area contributed by atoms with Crippen LogP contribution in [-0.2, 0) is 10.0 Å². The monoisotopic (exact) mass is 347 g/mol. The topological polar surface area (TPSA) is 106 Å². The van der Waals surface area contributed by atoms with E-state index >= 15 is 0 Å². The minimum Gasteiger partial charge on any atom is -0.366 e. The first-order chi connectivity index (χ1) is 8.80. The first-order valence-corrected chi connectivity index (χ1v) is 7.90. The zero-order valence-corrected chi connectivity index (χ0v) is 12.4. The fourth-order valence-electron chi connectivity index (χ4n) is 1.98. The van der Waals surface area contributed by atoms with E-state index in [1.165, 1.54) is 22.5 Å². The van der Waals surface area contributed by atoms with Crippen LogP contribution in [0.4, 0.5) is 0 Å². The molecule has 1 atom stereocenters. The second-order valence-electron chi connectivity index (χ2n) is 4.45. The molecule has 4 N–H and O–H groups in total. The van der Waals surface area contributed by atoms with E-state index < -0.39 is 15.9 Å². The molecule has 2 rings (SSSR count). The summed E-state index contributed by atoms with van der Waals surface area (Å²) in [5, 5.41) is 0. The summed E-state index contributed by atoms with van der Waals surface area (Å²) in [5.41, 5.74) is 11.1.